The number of hydrogen-bond donors (Lipinski definition) is 1. The molecule has 3 aliphatic rings. The Balaban J connectivity index is 1.35. The first-order chi connectivity index (χ1) is 16.5. The second kappa shape index (κ2) is 9.72. The number of thiocarbonyl (C=S) groups is 1. The van der Waals surface area contributed by atoms with Gasteiger partial charge in [0.2, 0.25) is 5.91 Å². The molecule has 3 amide bonds. The van der Waals surface area contributed by atoms with Gasteiger partial charge in [0.15, 0.2) is 0 Å². The zero-order chi connectivity index (χ0) is 23.7. The average molecular weight is 492 g/mol. The van der Waals surface area contributed by atoms with Gasteiger partial charge in [-0.15, -0.1) is 0 Å². The molecule has 0 bridgehead atoms. The van der Waals surface area contributed by atoms with Crippen LogP contribution in [0.3, 0.4) is 0 Å². The predicted molar refractivity (Wildman–Crippen MR) is 138 cm³/mol. The van der Waals surface area contributed by atoms with Gasteiger partial charge in [-0.3, -0.25) is 24.2 Å². The van der Waals surface area contributed by atoms with E-state index in [0.717, 1.165) is 31.2 Å². The third-order valence-corrected chi connectivity index (χ3v) is 7.92. The Kier molecular flexibility index (Phi) is 6.52. The predicted octanol–water partition coefficient (Wildman–Crippen LogP) is 3.91. The maximum atomic E-state index is 13.5. The molecular formula is C26H25N3O3S2. The standard InChI is InChI=1S/C26H25N3O3S2/c30-21(27-15-14-17-8-2-1-3-9-17)16-28-20-13-7-6-12-19(20)22(24(28)31)23-25(32)29(26(33)34-23)18-10-4-5-11-18/h1-3,6-9,12-13,18H,4-5,10-11,14-16H2,(H,27,30)/b23-22+. The van der Waals surface area contributed by atoms with Gasteiger partial charge in [-0.25, -0.2) is 0 Å². The van der Waals surface area contributed by atoms with Gasteiger partial charge in [-0.2, -0.15) is 0 Å². The zero-order valence-electron chi connectivity index (χ0n) is 18.7. The average Bonchev–Trinajstić information content (AvgIpc) is 3.53. The summed E-state index contributed by atoms with van der Waals surface area (Å²) in [7, 11) is 0. The Morgan fingerprint density at radius 2 is 1.71 bits per heavy atom. The minimum atomic E-state index is -0.327. The first kappa shape index (κ1) is 22.8. The van der Waals surface area contributed by atoms with Gasteiger partial charge in [-0.05, 0) is 30.9 Å². The van der Waals surface area contributed by atoms with E-state index in [4.69, 9.17) is 12.2 Å². The van der Waals surface area contributed by atoms with Crippen LogP contribution in [-0.4, -0.2) is 46.1 Å². The van der Waals surface area contributed by atoms with Crippen LogP contribution in [0.5, 0.6) is 0 Å². The summed E-state index contributed by atoms with van der Waals surface area (Å²) in [6.45, 7) is 0.385. The van der Waals surface area contributed by atoms with Crippen molar-refractivity contribution >= 4 is 57.3 Å². The van der Waals surface area contributed by atoms with Crippen LogP contribution in [0.2, 0.25) is 0 Å². The minimum Gasteiger partial charge on any atom is -0.354 e. The minimum absolute atomic E-state index is 0.100. The van der Waals surface area contributed by atoms with Crippen LogP contribution < -0.4 is 10.2 Å². The van der Waals surface area contributed by atoms with E-state index in [9.17, 15) is 14.4 Å². The molecule has 0 unspecified atom stereocenters. The van der Waals surface area contributed by atoms with Crippen LogP contribution >= 0.6 is 24.0 Å². The van der Waals surface area contributed by atoms with E-state index in [1.165, 1.54) is 16.7 Å². The topological polar surface area (TPSA) is 69.7 Å². The summed E-state index contributed by atoms with van der Waals surface area (Å²) < 4.78 is 0.516. The maximum Gasteiger partial charge on any atom is 0.267 e. The highest BCUT2D eigenvalue weighted by atomic mass is 32.2. The van der Waals surface area contributed by atoms with Crippen LogP contribution in [0.25, 0.3) is 5.57 Å². The van der Waals surface area contributed by atoms with Gasteiger partial charge < -0.3 is 5.32 Å². The van der Waals surface area contributed by atoms with Gasteiger partial charge in [0.25, 0.3) is 11.8 Å². The van der Waals surface area contributed by atoms with E-state index >= 15 is 0 Å². The van der Waals surface area contributed by atoms with Gasteiger partial charge in [0.1, 0.15) is 10.9 Å². The van der Waals surface area contributed by atoms with E-state index in [2.05, 4.69) is 5.32 Å². The number of nitrogens with one attached hydrogen (secondary N) is 1. The first-order valence-corrected chi connectivity index (χ1v) is 12.8. The first-order valence-electron chi connectivity index (χ1n) is 11.6. The lowest BCUT2D eigenvalue weighted by Gasteiger charge is -2.22. The highest BCUT2D eigenvalue weighted by Gasteiger charge is 2.44. The molecule has 0 radical (unpaired) electrons. The molecule has 8 heteroatoms. The smallest absolute Gasteiger partial charge is 0.267 e. The number of carbonyl (C=O) groups is 3. The van der Waals surface area contributed by atoms with Crippen LogP contribution in [0.15, 0.2) is 59.5 Å². The van der Waals surface area contributed by atoms with Crippen molar-refractivity contribution in [3.8, 4) is 0 Å². The van der Waals surface area contributed by atoms with Crippen molar-refractivity contribution in [1.82, 2.24) is 10.2 Å². The summed E-state index contributed by atoms with van der Waals surface area (Å²) in [4.78, 5) is 43.1. The van der Waals surface area contributed by atoms with E-state index < -0.39 is 0 Å². The Bertz CT molecular complexity index is 1190. The summed E-state index contributed by atoms with van der Waals surface area (Å²) >= 11 is 6.74. The van der Waals surface area contributed by atoms with Crippen molar-refractivity contribution in [3.63, 3.8) is 0 Å². The van der Waals surface area contributed by atoms with Crippen LogP contribution in [0.4, 0.5) is 5.69 Å². The Hall–Kier alpha value is -2.97. The molecule has 0 spiro atoms. The molecule has 2 aliphatic heterocycles. The lowest BCUT2D eigenvalue weighted by atomic mass is 10.1. The number of carbonyl (C=O) groups excluding carboxylic acids is 3. The van der Waals surface area contributed by atoms with Gasteiger partial charge >= 0.3 is 0 Å². The normalized spacial score (nSPS) is 20.4. The maximum absolute atomic E-state index is 13.5. The number of nitrogens with zero attached hydrogens (tertiary/aromatic N) is 2. The molecular weight excluding hydrogens is 466 g/mol. The summed E-state index contributed by atoms with van der Waals surface area (Å²) in [5, 5.41) is 2.90. The molecule has 6 nitrogen and oxygen atoms in total. The lowest BCUT2D eigenvalue weighted by Crippen LogP contribution is -2.40. The fraction of sp³-hybridized carbons (Fsp3) is 0.308. The van der Waals surface area contributed by atoms with Crippen molar-refractivity contribution in [2.75, 3.05) is 18.0 Å². The molecule has 34 heavy (non-hydrogen) atoms. The van der Waals surface area contributed by atoms with Crippen molar-refractivity contribution in [2.24, 2.45) is 0 Å². The molecule has 1 aliphatic carbocycles. The monoisotopic (exact) mass is 491 g/mol. The second-order valence-corrected chi connectivity index (χ2v) is 10.3. The SMILES string of the molecule is O=C(CN1C(=O)/C(=C2/SC(=S)N(C3CCCC3)C2=O)c2ccccc21)NCCc1ccccc1. The highest BCUT2D eigenvalue weighted by molar-refractivity contribution is 8.26. The largest absolute Gasteiger partial charge is 0.354 e. The third-order valence-electron chi connectivity index (χ3n) is 6.52. The molecule has 1 saturated heterocycles. The van der Waals surface area contributed by atoms with Crippen LogP contribution in [-0.2, 0) is 20.8 Å². The molecule has 2 heterocycles. The quantitative estimate of drug-likeness (QED) is 0.490. The molecule has 0 atom stereocenters. The Labute approximate surface area is 208 Å². The van der Waals surface area contributed by atoms with Gasteiger partial charge in [-0.1, -0.05) is 85.4 Å². The highest BCUT2D eigenvalue weighted by Crippen LogP contribution is 2.45. The molecule has 2 aromatic carbocycles. The fourth-order valence-corrected chi connectivity index (χ4v) is 6.33. The van der Waals surface area contributed by atoms with Crippen molar-refractivity contribution in [3.05, 3.63) is 70.6 Å². The number of para-hydroxylation sites is 1. The number of benzene rings is 2. The van der Waals surface area contributed by atoms with Crippen LogP contribution in [0, 0.1) is 0 Å². The molecule has 5 rings (SSSR count). The summed E-state index contributed by atoms with van der Waals surface area (Å²) in [5.41, 5.74) is 2.81. The number of amides is 3. The van der Waals surface area contributed by atoms with Crippen molar-refractivity contribution in [2.45, 2.75) is 38.1 Å². The van der Waals surface area contributed by atoms with E-state index in [-0.39, 0.29) is 30.3 Å². The number of hydrogen-bond acceptors (Lipinski definition) is 5. The molecule has 1 N–H and O–H groups in total. The molecule has 2 fully saturated rings. The van der Waals surface area contributed by atoms with E-state index in [1.807, 2.05) is 54.6 Å². The number of fused-ring (bicyclic) bond motifs is 1. The van der Waals surface area contributed by atoms with Crippen LogP contribution in [0.1, 0.15) is 36.8 Å². The molecule has 1 saturated carbocycles. The molecule has 2 aromatic rings. The number of thioether (sulfide) groups is 1. The Morgan fingerprint density at radius 3 is 2.47 bits per heavy atom. The van der Waals surface area contributed by atoms with Gasteiger partial charge in [0.05, 0.1) is 16.2 Å². The number of rotatable bonds is 6. The van der Waals surface area contributed by atoms with Gasteiger partial charge in [0, 0.05) is 18.2 Å². The fourth-order valence-electron chi connectivity index (χ4n) is 4.85. The second-order valence-electron chi connectivity index (χ2n) is 8.68. The van der Waals surface area contributed by atoms with E-state index in [1.54, 1.807) is 4.90 Å². The molecule has 174 valence electrons. The lowest BCUT2D eigenvalue weighted by molar-refractivity contribution is -0.123. The molecule has 0 aromatic heterocycles. The van der Waals surface area contributed by atoms with Crippen molar-refractivity contribution < 1.29 is 14.4 Å². The number of anilines is 1. The van der Waals surface area contributed by atoms with E-state index in [0.29, 0.717) is 39.0 Å². The summed E-state index contributed by atoms with van der Waals surface area (Å²) in [5.74, 6) is -0.751. The Morgan fingerprint density at radius 1 is 1.00 bits per heavy atom. The summed E-state index contributed by atoms with van der Waals surface area (Å²) in [6.07, 6.45) is 4.76. The third kappa shape index (κ3) is 4.28. The summed E-state index contributed by atoms with van der Waals surface area (Å²) in [6, 6.07) is 17.4. The zero-order valence-corrected chi connectivity index (χ0v) is 20.3. The van der Waals surface area contributed by atoms with Crippen molar-refractivity contribution in [1.29, 1.82) is 0 Å².